The van der Waals surface area contributed by atoms with Crippen molar-refractivity contribution in [2.75, 3.05) is 26.5 Å². The van der Waals surface area contributed by atoms with Crippen LogP contribution in [0.15, 0.2) is 47.5 Å². The number of H-pyrrole nitrogens is 1. The van der Waals surface area contributed by atoms with E-state index in [0.717, 1.165) is 33.6 Å². The topological polar surface area (TPSA) is 111 Å². The van der Waals surface area contributed by atoms with Crippen LogP contribution in [-0.4, -0.2) is 59.6 Å². The number of anilines is 1. The zero-order chi connectivity index (χ0) is 25.0. The van der Waals surface area contributed by atoms with Crippen molar-refractivity contribution in [3.63, 3.8) is 0 Å². The summed E-state index contributed by atoms with van der Waals surface area (Å²) in [6.07, 6.45) is 2.47. The predicted octanol–water partition coefficient (Wildman–Crippen LogP) is 3.37. The fourth-order valence-electron chi connectivity index (χ4n) is 3.47. The van der Waals surface area contributed by atoms with Crippen molar-refractivity contribution in [2.45, 2.75) is 44.7 Å². The summed E-state index contributed by atoms with van der Waals surface area (Å²) in [5.74, 6) is 0.584. The molecule has 3 rings (SSSR count). The second-order valence-corrected chi connectivity index (χ2v) is 10.5. The second kappa shape index (κ2) is 10.4. The first-order chi connectivity index (χ1) is 16.0. The van der Waals surface area contributed by atoms with Crippen LogP contribution in [0.25, 0.3) is 0 Å². The van der Waals surface area contributed by atoms with Crippen molar-refractivity contribution in [3.8, 4) is 0 Å². The van der Waals surface area contributed by atoms with Crippen molar-refractivity contribution in [3.05, 3.63) is 71.1 Å². The Morgan fingerprint density at radius 2 is 1.91 bits per heavy atom. The maximum absolute atomic E-state index is 13.4. The largest absolute Gasteiger partial charge is 0.379 e. The average molecular weight is 485 g/mol. The van der Waals surface area contributed by atoms with E-state index in [4.69, 9.17) is 0 Å². The molecule has 0 saturated carbocycles. The molecule has 0 aliphatic heterocycles. The highest BCUT2D eigenvalue weighted by molar-refractivity contribution is 7.89. The van der Waals surface area contributed by atoms with E-state index in [1.165, 1.54) is 26.2 Å². The third kappa shape index (κ3) is 5.45. The van der Waals surface area contributed by atoms with Gasteiger partial charge in [-0.2, -0.15) is 0 Å². The molecule has 3 aromatic rings. The Balaban J connectivity index is 1.95. The van der Waals surface area contributed by atoms with E-state index in [1.807, 2.05) is 39.0 Å². The number of aryl methyl sites for hydroxylation is 2. The van der Waals surface area contributed by atoms with Gasteiger partial charge in [0.2, 0.25) is 10.0 Å². The van der Waals surface area contributed by atoms with E-state index in [0.29, 0.717) is 12.2 Å². The molecule has 0 aliphatic carbocycles. The molecule has 1 atom stereocenters. The monoisotopic (exact) mass is 484 g/mol. The fourth-order valence-corrected chi connectivity index (χ4v) is 4.45. The van der Waals surface area contributed by atoms with E-state index in [1.54, 1.807) is 24.2 Å². The number of nitrogens with zero attached hydrogens (tertiary/aromatic N) is 4. The molecule has 34 heavy (non-hydrogen) atoms. The summed E-state index contributed by atoms with van der Waals surface area (Å²) in [6.45, 7) is 6.23. The molecule has 9 nitrogen and oxygen atoms in total. The van der Waals surface area contributed by atoms with E-state index < -0.39 is 10.0 Å². The van der Waals surface area contributed by atoms with Crippen molar-refractivity contribution in [1.29, 1.82) is 0 Å². The number of amides is 1. The summed E-state index contributed by atoms with van der Waals surface area (Å²) in [4.78, 5) is 27.1. The highest BCUT2D eigenvalue weighted by atomic mass is 32.2. The zero-order valence-corrected chi connectivity index (χ0v) is 21.3. The van der Waals surface area contributed by atoms with Gasteiger partial charge in [-0.25, -0.2) is 17.7 Å². The number of carbonyl (C=O) groups excluding carboxylic acids is 1. The summed E-state index contributed by atoms with van der Waals surface area (Å²) in [7, 11) is 0.853. The van der Waals surface area contributed by atoms with Crippen LogP contribution in [0.4, 0.5) is 5.69 Å². The molecular weight excluding hydrogens is 452 g/mol. The number of aromatic amines is 1. The Morgan fingerprint density at radius 3 is 2.50 bits per heavy atom. The Kier molecular flexibility index (Phi) is 7.73. The van der Waals surface area contributed by atoms with Crippen LogP contribution in [0.5, 0.6) is 0 Å². The van der Waals surface area contributed by atoms with E-state index in [-0.39, 0.29) is 22.4 Å². The molecule has 1 unspecified atom stereocenters. The molecule has 0 fully saturated rings. The first kappa shape index (κ1) is 25.4. The maximum atomic E-state index is 13.4. The van der Waals surface area contributed by atoms with Gasteiger partial charge < -0.3 is 15.2 Å². The van der Waals surface area contributed by atoms with Crippen LogP contribution in [0.2, 0.25) is 0 Å². The number of hydrogen-bond acceptors (Lipinski definition) is 6. The summed E-state index contributed by atoms with van der Waals surface area (Å²) >= 11 is 0. The molecule has 10 heteroatoms. The van der Waals surface area contributed by atoms with Crippen molar-refractivity contribution in [1.82, 2.24) is 24.2 Å². The van der Waals surface area contributed by atoms with E-state index in [2.05, 4.69) is 20.3 Å². The Labute approximate surface area is 201 Å². The average Bonchev–Trinajstić information content (AvgIpc) is 3.21. The van der Waals surface area contributed by atoms with Crippen LogP contribution < -0.4 is 5.32 Å². The van der Waals surface area contributed by atoms with Crippen molar-refractivity contribution in [2.24, 2.45) is 0 Å². The SMILES string of the molecule is CCc1nc(CNc2cc(C(=O)N(C)C(C)c3ccccn3)cc(S(=O)(=O)N(C)C)c2)c(C)[nH]1. The molecule has 1 amide bonds. The minimum atomic E-state index is -3.76. The maximum Gasteiger partial charge on any atom is 0.254 e. The first-order valence-corrected chi connectivity index (χ1v) is 12.5. The van der Waals surface area contributed by atoms with E-state index in [9.17, 15) is 13.2 Å². The van der Waals surface area contributed by atoms with Gasteiger partial charge in [-0.05, 0) is 44.2 Å². The number of pyridine rings is 1. The van der Waals surface area contributed by atoms with Crippen LogP contribution in [0, 0.1) is 6.92 Å². The van der Waals surface area contributed by atoms with Gasteiger partial charge >= 0.3 is 0 Å². The Bertz CT molecular complexity index is 1250. The van der Waals surface area contributed by atoms with Crippen LogP contribution in [-0.2, 0) is 23.0 Å². The van der Waals surface area contributed by atoms with Crippen molar-refractivity contribution >= 4 is 21.6 Å². The van der Waals surface area contributed by atoms with Crippen LogP contribution >= 0.6 is 0 Å². The standard InChI is InChI=1S/C24H32N6O3S/c1-7-23-27-16(2)22(28-23)15-26-19-12-18(13-20(14-19)34(32,33)29(4)5)24(31)30(6)17(3)21-10-8-9-11-25-21/h8-14,17,26H,7,15H2,1-6H3,(H,27,28). The molecule has 0 aliphatic rings. The van der Waals surface area contributed by atoms with Crippen LogP contribution in [0.1, 0.15) is 53.2 Å². The molecule has 0 spiro atoms. The molecule has 0 radical (unpaired) electrons. The molecule has 182 valence electrons. The lowest BCUT2D eigenvalue weighted by Crippen LogP contribution is -2.30. The minimum Gasteiger partial charge on any atom is -0.379 e. The molecule has 1 aromatic carbocycles. The number of aromatic nitrogens is 3. The number of imidazole rings is 1. The normalized spacial score (nSPS) is 12.6. The van der Waals surface area contributed by atoms with Gasteiger partial charge in [0.25, 0.3) is 5.91 Å². The van der Waals surface area contributed by atoms with E-state index >= 15 is 0 Å². The highest BCUT2D eigenvalue weighted by Gasteiger charge is 2.24. The van der Waals surface area contributed by atoms with Gasteiger partial charge in [-0.15, -0.1) is 0 Å². The molecule has 0 saturated heterocycles. The van der Waals surface area contributed by atoms with Crippen molar-refractivity contribution < 1.29 is 13.2 Å². The number of hydrogen-bond donors (Lipinski definition) is 2. The third-order valence-corrected chi connectivity index (χ3v) is 7.57. The molecule has 2 N–H and O–H groups in total. The summed E-state index contributed by atoms with van der Waals surface area (Å²) in [5.41, 5.74) is 3.32. The minimum absolute atomic E-state index is 0.0396. The molecule has 2 aromatic heterocycles. The Hall–Kier alpha value is -3.24. The lowest BCUT2D eigenvalue weighted by Gasteiger charge is -2.25. The highest BCUT2D eigenvalue weighted by Crippen LogP contribution is 2.25. The smallest absolute Gasteiger partial charge is 0.254 e. The lowest BCUT2D eigenvalue weighted by atomic mass is 10.1. The predicted molar refractivity (Wildman–Crippen MR) is 132 cm³/mol. The van der Waals surface area contributed by atoms with Gasteiger partial charge in [0.1, 0.15) is 5.82 Å². The van der Waals surface area contributed by atoms with Gasteiger partial charge in [-0.1, -0.05) is 13.0 Å². The Morgan fingerprint density at radius 1 is 1.18 bits per heavy atom. The second-order valence-electron chi connectivity index (χ2n) is 8.34. The number of sulfonamides is 1. The lowest BCUT2D eigenvalue weighted by molar-refractivity contribution is 0.0739. The summed E-state index contributed by atoms with van der Waals surface area (Å²) in [5, 5.41) is 3.24. The zero-order valence-electron chi connectivity index (χ0n) is 20.5. The van der Waals surface area contributed by atoms with Gasteiger partial charge in [0, 0.05) is 50.7 Å². The first-order valence-electron chi connectivity index (χ1n) is 11.1. The quantitative estimate of drug-likeness (QED) is 0.482. The van der Waals surface area contributed by atoms with Crippen LogP contribution in [0.3, 0.4) is 0 Å². The third-order valence-electron chi connectivity index (χ3n) is 5.78. The number of carbonyl (C=O) groups is 1. The molecular formula is C24H32N6O3S. The number of benzene rings is 1. The molecule has 2 heterocycles. The summed E-state index contributed by atoms with van der Waals surface area (Å²) < 4.78 is 26.9. The summed E-state index contributed by atoms with van der Waals surface area (Å²) in [6, 6.07) is 9.86. The molecule has 0 bridgehead atoms. The van der Waals surface area contributed by atoms with Gasteiger partial charge in [0.05, 0.1) is 28.9 Å². The van der Waals surface area contributed by atoms with Gasteiger partial charge in [0.15, 0.2) is 0 Å². The number of nitrogens with one attached hydrogen (secondary N) is 2. The fraction of sp³-hybridized carbons (Fsp3) is 0.375. The number of rotatable bonds is 9. The van der Waals surface area contributed by atoms with Gasteiger partial charge in [-0.3, -0.25) is 9.78 Å².